The van der Waals surface area contributed by atoms with Crippen LogP contribution in [0.4, 0.5) is 0 Å². The molecule has 0 aliphatic carbocycles. The van der Waals surface area contributed by atoms with Gasteiger partial charge in [0.1, 0.15) is 0 Å². The van der Waals surface area contributed by atoms with E-state index in [0.29, 0.717) is 12.6 Å². The fourth-order valence-corrected chi connectivity index (χ4v) is 2.05. The Bertz CT molecular complexity index is 248. The number of hydrogen-bond donors (Lipinski definition) is 2. The lowest BCUT2D eigenvalue weighted by Crippen LogP contribution is -2.43. The minimum absolute atomic E-state index is 0. The topological polar surface area (TPSA) is 48.9 Å². The molecule has 0 rings (SSSR count). The molecule has 0 radical (unpaired) electrons. The van der Waals surface area contributed by atoms with Crippen LogP contribution in [0.25, 0.3) is 0 Å². The quantitative estimate of drug-likeness (QED) is 0.236. The number of halogens is 1. The number of aliphatic imine (C=N–C) groups is 1. The molecule has 0 fully saturated rings. The third kappa shape index (κ3) is 13.3. The molecular formula is C15H35IN4O. The van der Waals surface area contributed by atoms with Gasteiger partial charge in [0.15, 0.2) is 5.96 Å². The number of hydrogen-bond acceptors (Lipinski definition) is 3. The second kappa shape index (κ2) is 16.3. The van der Waals surface area contributed by atoms with Crippen LogP contribution in [-0.4, -0.2) is 63.3 Å². The molecule has 0 aromatic carbocycles. The standard InChI is InChI=1S/C15H34N4O.HI/c1-6-19(7-2)12-9-10-14(4)18-15(16-5)17-11-13-20-8-3;/h14H,6-13H2,1-5H3,(H2,16,17,18);1H. The van der Waals surface area contributed by atoms with Crippen molar-refractivity contribution in [3.8, 4) is 0 Å². The molecule has 0 saturated heterocycles. The molecule has 0 aromatic heterocycles. The lowest BCUT2D eigenvalue weighted by Gasteiger charge is -2.21. The highest BCUT2D eigenvalue weighted by molar-refractivity contribution is 14.0. The highest BCUT2D eigenvalue weighted by atomic mass is 127. The van der Waals surface area contributed by atoms with E-state index in [0.717, 1.165) is 38.6 Å². The van der Waals surface area contributed by atoms with Crippen LogP contribution in [-0.2, 0) is 4.74 Å². The Morgan fingerprint density at radius 3 is 2.43 bits per heavy atom. The Hall–Kier alpha value is -0.0800. The van der Waals surface area contributed by atoms with Crippen molar-refractivity contribution in [2.24, 2.45) is 4.99 Å². The number of nitrogens with zero attached hydrogens (tertiary/aromatic N) is 2. The summed E-state index contributed by atoms with van der Waals surface area (Å²) in [6, 6.07) is 0.434. The van der Waals surface area contributed by atoms with E-state index in [4.69, 9.17) is 4.74 Å². The van der Waals surface area contributed by atoms with Crippen LogP contribution >= 0.6 is 24.0 Å². The fourth-order valence-electron chi connectivity index (χ4n) is 2.05. The number of rotatable bonds is 11. The maximum atomic E-state index is 5.30. The normalized spacial score (nSPS) is 13.0. The molecule has 0 aliphatic heterocycles. The van der Waals surface area contributed by atoms with Gasteiger partial charge in [0.25, 0.3) is 0 Å². The summed E-state index contributed by atoms with van der Waals surface area (Å²) in [5.41, 5.74) is 0. The van der Waals surface area contributed by atoms with E-state index in [1.54, 1.807) is 7.05 Å². The predicted molar refractivity (Wildman–Crippen MR) is 103 cm³/mol. The van der Waals surface area contributed by atoms with Crippen molar-refractivity contribution in [1.29, 1.82) is 0 Å². The van der Waals surface area contributed by atoms with Crippen LogP contribution in [0.1, 0.15) is 40.5 Å². The first kappa shape index (κ1) is 23.2. The molecule has 0 aromatic rings. The molecule has 0 spiro atoms. The summed E-state index contributed by atoms with van der Waals surface area (Å²) >= 11 is 0. The molecule has 0 aliphatic rings. The minimum atomic E-state index is 0. The largest absolute Gasteiger partial charge is 0.380 e. The van der Waals surface area contributed by atoms with Crippen molar-refractivity contribution >= 4 is 29.9 Å². The SMILES string of the molecule is CCOCCNC(=NC)NC(C)CCCN(CC)CC.I. The van der Waals surface area contributed by atoms with E-state index in [9.17, 15) is 0 Å². The molecule has 128 valence electrons. The van der Waals surface area contributed by atoms with E-state index < -0.39 is 0 Å². The molecule has 6 heteroatoms. The van der Waals surface area contributed by atoms with E-state index in [2.05, 4.69) is 41.3 Å². The van der Waals surface area contributed by atoms with Gasteiger partial charge in [0, 0.05) is 26.2 Å². The highest BCUT2D eigenvalue weighted by Crippen LogP contribution is 1.99. The second-order valence-electron chi connectivity index (χ2n) is 4.91. The van der Waals surface area contributed by atoms with Crippen LogP contribution in [0.15, 0.2) is 4.99 Å². The zero-order valence-corrected chi connectivity index (χ0v) is 16.8. The first-order valence-corrected chi connectivity index (χ1v) is 7.95. The van der Waals surface area contributed by atoms with E-state index in [1.807, 2.05) is 6.92 Å². The number of nitrogens with one attached hydrogen (secondary N) is 2. The Morgan fingerprint density at radius 2 is 1.90 bits per heavy atom. The van der Waals surface area contributed by atoms with Crippen LogP contribution < -0.4 is 10.6 Å². The molecule has 0 saturated carbocycles. The molecule has 0 heterocycles. The summed E-state index contributed by atoms with van der Waals surface area (Å²) in [5.74, 6) is 0.861. The van der Waals surface area contributed by atoms with Crippen molar-refractivity contribution in [3.05, 3.63) is 0 Å². The van der Waals surface area contributed by atoms with Gasteiger partial charge in [-0.15, -0.1) is 24.0 Å². The Morgan fingerprint density at radius 1 is 1.24 bits per heavy atom. The first-order chi connectivity index (χ1) is 9.67. The van der Waals surface area contributed by atoms with Gasteiger partial charge < -0.3 is 20.3 Å². The smallest absolute Gasteiger partial charge is 0.191 e. The monoisotopic (exact) mass is 414 g/mol. The van der Waals surface area contributed by atoms with Gasteiger partial charge in [0.05, 0.1) is 6.61 Å². The highest BCUT2D eigenvalue weighted by Gasteiger charge is 2.06. The lowest BCUT2D eigenvalue weighted by atomic mass is 10.2. The van der Waals surface area contributed by atoms with Crippen LogP contribution in [0.2, 0.25) is 0 Å². The molecule has 1 unspecified atom stereocenters. The van der Waals surface area contributed by atoms with Crippen molar-refractivity contribution < 1.29 is 4.74 Å². The third-order valence-corrected chi connectivity index (χ3v) is 3.36. The summed E-state index contributed by atoms with van der Waals surface area (Å²) in [5, 5.41) is 6.68. The Labute approximate surface area is 148 Å². The maximum absolute atomic E-state index is 5.30. The van der Waals surface area contributed by atoms with Gasteiger partial charge in [-0.05, 0) is 46.3 Å². The summed E-state index contributed by atoms with van der Waals surface area (Å²) in [6.45, 7) is 14.4. The van der Waals surface area contributed by atoms with Crippen molar-refractivity contribution in [1.82, 2.24) is 15.5 Å². The number of guanidine groups is 1. The second-order valence-corrected chi connectivity index (χ2v) is 4.91. The van der Waals surface area contributed by atoms with Gasteiger partial charge in [-0.3, -0.25) is 4.99 Å². The van der Waals surface area contributed by atoms with E-state index in [1.165, 1.54) is 13.0 Å². The molecule has 0 bridgehead atoms. The van der Waals surface area contributed by atoms with Crippen LogP contribution in [0.3, 0.4) is 0 Å². The summed E-state index contributed by atoms with van der Waals surface area (Å²) in [7, 11) is 1.80. The summed E-state index contributed by atoms with van der Waals surface area (Å²) < 4.78 is 5.30. The van der Waals surface area contributed by atoms with E-state index in [-0.39, 0.29) is 24.0 Å². The summed E-state index contributed by atoms with van der Waals surface area (Å²) in [4.78, 5) is 6.69. The third-order valence-electron chi connectivity index (χ3n) is 3.36. The predicted octanol–water partition coefficient (Wildman–Crippen LogP) is 2.32. The molecule has 21 heavy (non-hydrogen) atoms. The van der Waals surface area contributed by atoms with Gasteiger partial charge in [-0.2, -0.15) is 0 Å². The van der Waals surface area contributed by atoms with Gasteiger partial charge in [-0.25, -0.2) is 0 Å². The molecule has 1 atom stereocenters. The van der Waals surface area contributed by atoms with E-state index >= 15 is 0 Å². The minimum Gasteiger partial charge on any atom is -0.380 e. The summed E-state index contributed by atoms with van der Waals surface area (Å²) in [6.07, 6.45) is 2.37. The Kier molecular flexibility index (Phi) is 18.0. The first-order valence-electron chi connectivity index (χ1n) is 7.95. The number of ether oxygens (including phenoxy) is 1. The molecule has 5 nitrogen and oxygen atoms in total. The average molecular weight is 414 g/mol. The van der Waals surface area contributed by atoms with Crippen molar-refractivity contribution in [2.75, 3.05) is 46.4 Å². The van der Waals surface area contributed by atoms with Crippen LogP contribution in [0.5, 0.6) is 0 Å². The maximum Gasteiger partial charge on any atom is 0.191 e. The van der Waals surface area contributed by atoms with Crippen molar-refractivity contribution in [3.63, 3.8) is 0 Å². The van der Waals surface area contributed by atoms with Gasteiger partial charge in [0.2, 0.25) is 0 Å². The van der Waals surface area contributed by atoms with Gasteiger partial charge in [-0.1, -0.05) is 13.8 Å². The zero-order chi connectivity index (χ0) is 15.2. The van der Waals surface area contributed by atoms with Crippen LogP contribution in [0, 0.1) is 0 Å². The lowest BCUT2D eigenvalue weighted by molar-refractivity contribution is 0.152. The Balaban J connectivity index is 0. The molecule has 2 N–H and O–H groups in total. The van der Waals surface area contributed by atoms with Crippen molar-refractivity contribution in [2.45, 2.75) is 46.6 Å². The molecular weight excluding hydrogens is 379 g/mol. The average Bonchev–Trinajstić information content (AvgIpc) is 2.46. The zero-order valence-electron chi connectivity index (χ0n) is 14.4. The van der Waals surface area contributed by atoms with Gasteiger partial charge >= 0.3 is 0 Å². The molecule has 0 amide bonds. The fraction of sp³-hybridized carbons (Fsp3) is 0.933.